The number of amides is 1. The fourth-order valence-corrected chi connectivity index (χ4v) is 4.57. The highest BCUT2D eigenvalue weighted by atomic mass is 32.2. The molecule has 0 aromatic heterocycles. The van der Waals surface area contributed by atoms with Gasteiger partial charge in [-0.2, -0.15) is 0 Å². The van der Waals surface area contributed by atoms with Crippen LogP contribution in [-0.2, 0) is 44.4 Å². The molecule has 10 heteroatoms. The van der Waals surface area contributed by atoms with Crippen LogP contribution in [0.4, 0.5) is 0 Å². The number of carbonyl (C=O) groups excluding carboxylic acids is 1. The first-order valence-electron chi connectivity index (χ1n) is 10.1. The number of benzene rings is 3. The van der Waals surface area contributed by atoms with Gasteiger partial charge in [0.2, 0.25) is 26.0 Å². The molecule has 0 unspecified atom stereocenters. The average molecular weight is 488 g/mol. The molecule has 0 saturated carbocycles. The molecule has 0 atom stereocenters. The van der Waals surface area contributed by atoms with E-state index in [4.69, 9.17) is 5.14 Å². The van der Waals surface area contributed by atoms with Crippen molar-refractivity contribution in [3.05, 3.63) is 95.6 Å². The van der Waals surface area contributed by atoms with Crippen molar-refractivity contribution in [1.82, 2.24) is 10.0 Å². The number of aryl methyl sites for hydroxylation is 1. The van der Waals surface area contributed by atoms with E-state index in [1.54, 1.807) is 24.3 Å². The van der Waals surface area contributed by atoms with Crippen molar-refractivity contribution in [1.29, 1.82) is 0 Å². The van der Waals surface area contributed by atoms with Crippen LogP contribution in [0.2, 0.25) is 0 Å². The Morgan fingerprint density at radius 3 is 1.85 bits per heavy atom. The molecule has 3 aromatic carbocycles. The van der Waals surface area contributed by atoms with Gasteiger partial charge in [-0.05, 0) is 47.4 Å². The molecule has 0 bridgehead atoms. The molecule has 0 saturated heterocycles. The van der Waals surface area contributed by atoms with Crippen LogP contribution in [-0.4, -0.2) is 22.7 Å². The SMILES string of the molecule is NS(=O)(=O)c1ccc(CNC(=O)CCc2ccc(S(=O)(=O)NCc3ccccc3)cc2)cc1. The number of hydrogen-bond donors (Lipinski definition) is 3. The summed E-state index contributed by atoms with van der Waals surface area (Å²) in [5.74, 6) is -0.174. The molecule has 3 aromatic rings. The molecule has 0 aliphatic heterocycles. The van der Waals surface area contributed by atoms with E-state index < -0.39 is 20.0 Å². The molecule has 0 fully saturated rings. The Kier molecular flexibility index (Phi) is 7.98. The molecule has 3 rings (SSSR count). The minimum Gasteiger partial charge on any atom is -0.352 e. The van der Waals surface area contributed by atoms with Crippen LogP contribution in [0, 0.1) is 0 Å². The van der Waals surface area contributed by atoms with Crippen molar-refractivity contribution in [2.75, 3.05) is 0 Å². The second-order valence-corrected chi connectivity index (χ2v) is 10.7. The van der Waals surface area contributed by atoms with E-state index in [9.17, 15) is 21.6 Å². The van der Waals surface area contributed by atoms with E-state index in [1.807, 2.05) is 30.3 Å². The van der Waals surface area contributed by atoms with E-state index in [0.29, 0.717) is 6.42 Å². The number of sulfonamides is 2. The first kappa shape index (κ1) is 24.6. The van der Waals surface area contributed by atoms with Crippen LogP contribution in [0.5, 0.6) is 0 Å². The number of primary sulfonamides is 1. The van der Waals surface area contributed by atoms with Crippen LogP contribution in [0.1, 0.15) is 23.1 Å². The Bertz CT molecular complexity index is 1290. The molecule has 0 aliphatic rings. The zero-order valence-electron chi connectivity index (χ0n) is 17.8. The molecular formula is C23H25N3O5S2. The zero-order chi connectivity index (χ0) is 23.9. The third-order valence-electron chi connectivity index (χ3n) is 4.93. The highest BCUT2D eigenvalue weighted by Gasteiger charge is 2.14. The summed E-state index contributed by atoms with van der Waals surface area (Å²) in [4.78, 5) is 12.3. The van der Waals surface area contributed by atoms with Crippen LogP contribution in [0.25, 0.3) is 0 Å². The first-order chi connectivity index (χ1) is 15.6. The zero-order valence-corrected chi connectivity index (χ0v) is 19.4. The van der Waals surface area contributed by atoms with Gasteiger partial charge >= 0.3 is 0 Å². The second kappa shape index (κ2) is 10.7. The highest BCUT2D eigenvalue weighted by molar-refractivity contribution is 7.89. The normalized spacial score (nSPS) is 11.8. The number of hydrogen-bond acceptors (Lipinski definition) is 5. The van der Waals surface area contributed by atoms with E-state index in [1.165, 1.54) is 24.3 Å². The Hall–Kier alpha value is -3.05. The standard InChI is InChI=1S/C23H25N3O5S2/c24-32(28,29)21-11-8-20(9-12-21)16-25-23(27)15-10-18-6-13-22(14-7-18)33(30,31)26-17-19-4-2-1-3-5-19/h1-9,11-14,26H,10,15-17H2,(H,25,27)(H2,24,28,29). The minimum atomic E-state index is -3.75. The summed E-state index contributed by atoms with van der Waals surface area (Å²) >= 11 is 0. The molecule has 8 nitrogen and oxygen atoms in total. The fourth-order valence-electron chi connectivity index (χ4n) is 3.04. The van der Waals surface area contributed by atoms with Crippen LogP contribution in [0.3, 0.4) is 0 Å². The monoisotopic (exact) mass is 487 g/mol. The van der Waals surface area contributed by atoms with Crippen LogP contribution >= 0.6 is 0 Å². The van der Waals surface area contributed by atoms with Crippen LogP contribution in [0.15, 0.2) is 88.7 Å². The first-order valence-corrected chi connectivity index (χ1v) is 13.2. The summed E-state index contributed by atoms with van der Waals surface area (Å²) in [5, 5.41) is 7.83. The van der Waals surface area contributed by atoms with E-state index >= 15 is 0 Å². The van der Waals surface area contributed by atoms with Gasteiger partial charge in [-0.3, -0.25) is 4.79 Å². The smallest absolute Gasteiger partial charge is 0.240 e. The third-order valence-corrected chi connectivity index (χ3v) is 7.27. The maximum atomic E-state index is 12.5. The largest absolute Gasteiger partial charge is 0.352 e. The van der Waals surface area contributed by atoms with Gasteiger partial charge in [-0.1, -0.05) is 54.6 Å². The molecule has 0 radical (unpaired) electrons. The van der Waals surface area contributed by atoms with Crippen molar-refractivity contribution in [3.8, 4) is 0 Å². The third kappa shape index (κ3) is 7.50. The van der Waals surface area contributed by atoms with Crippen molar-refractivity contribution in [2.45, 2.75) is 35.7 Å². The molecule has 4 N–H and O–H groups in total. The summed E-state index contributed by atoms with van der Waals surface area (Å²) in [6, 6.07) is 21.6. The Labute approximate surface area is 193 Å². The predicted octanol–water partition coefficient (Wildman–Crippen LogP) is 2.06. The van der Waals surface area contributed by atoms with E-state index in [0.717, 1.165) is 16.7 Å². The van der Waals surface area contributed by atoms with Gasteiger partial charge in [0.25, 0.3) is 0 Å². The lowest BCUT2D eigenvalue weighted by Gasteiger charge is -2.09. The Morgan fingerprint density at radius 1 is 0.697 bits per heavy atom. The summed E-state index contributed by atoms with van der Waals surface area (Å²) in [7, 11) is -7.38. The maximum absolute atomic E-state index is 12.5. The fraction of sp³-hybridized carbons (Fsp3) is 0.174. The molecule has 33 heavy (non-hydrogen) atoms. The molecule has 0 aliphatic carbocycles. The summed E-state index contributed by atoms with van der Waals surface area (Å²) < 4.78 is 50.0. The minimum absolute atomic E-state index is 0.0123. The number of carbonyl (C=O) groups is 1. The van der Waals surface area contributed by atoms with Gasteiger partial charge in [-0.15, -0.1) is 0 Å². The lowest BCUT2D eigenvalue weighted by atomic mass is 10.1. The topological polar surface area (TPSA) is 135 Å². The summed E-state index contributed by atoms with van der Waals surface area (Å²) in [5.41, 5.74) is 2.45. The summed E-state index contributed by atoms with van der Waals surface area (Å²) in [6.07, 6.45) is 0.682. The van der Waals surface area contributed by atoms with Crippen molar-refractivity contribution >= 4 is 26.0 Å². The number of nitrogens with two attached hydrogens (primary N) is 1. The van der Waals surface area contributed by atoms with Crippen molar-refractivity contribution < 1.29 is 21.6 Å². The molecule has 0 heterocycles. The molecule has 0 spiro atoms. The van der Waals surface area contributed by atoms with Gasteiger partial charge in [0.15, 0.2) is 0 Å². The summed E-state index contributed by atoms with van der Waals surface area (Å²) in [6.45, 7) is 0.462. The predicted molar refractivity (Wildman–Crippen MR) is 125 cm³/mol. The van der Waals surface area contributed by atoms with Crippen molar-refractivity contribution in [2.24, 2.45) is 5.14 Å². The van der Waals surface area contributed by atoms with Gasteiger partial charge in [0.05, 0.1) is 9.79 Å². The van der Waals surface area contributed by atoms with Gasteiger partial charge in [-0.25, -0.2) is 26.7 Å². The number of rotatable bonds is 10. The Balaban J connectivity index is 1.47. The highest BCUT2D eigenvalue weighted by Crippen LogP contribution is 2.13. The quantitative estimate of drug-likeness (QED) is 0.402. The van der Waals surface area contributed by atoms with E-state index in [2.05, 4.69) is 10.0 Å². The molecule has 1 amide bonds. The maximum Gasteiger partial charge on any atom is 0.240 e. The Morgan fingerprint density at radius 2 is 1.24 bits per heavy atom. The lowest BCUT2D eigenvalue weighted by molar-refractivity contribution is -0.121. The van der Waals surface area contributed by atoms with Gasteiger partial charge in [0, 0.05) is 19.5 Å². The van der Waals surface area contributed by atoms with Crippen molar-refractivity contribution in [3.63, 3.8) is 0 Å². The number of nitrogens with one attached hydrogen (secondary N) is 2. The van der Waals surface area contributed by atoms with E-state index in [-0.39, 0.29) is 35.2 Å². The molecule has 174 valence electrons. The van der Waals surface area contributed by atoms with Gasteiger partial charge in [0.1, 0.15) is 0 Å². The molecular weight excluding hydrogens is 462 g/mol. The van der Waals surface area contributed by atoms with Crippen LogP contribution < -0.4 is 15.2 Å². The second-order valence-electron chi connectivity index (χ2n) is 7.42. The van der Waals surface area contributed by atoms with Gasteiger partial charge < -0.3 is 5.32 Å². The average Bonchev–Trinajstić information content (AvgIpc) is 2.81. The lowest BCUT2D eigenvalue weighted by Crippen LogP contribution is -2.23.